The van der Waals surface area contributed by atoms with E-state index in [2.05, 4.69) is 10.3 Å². The van der Waals surface area contributed by atoms with Crippen LogP contribution in [0, 0.1) is 11.6 Å². The number of amides is 2. The zero-order valence-electron chi connectivity index (χ0n) is 14.5. The molecule has 1 heterocycles. The zero-order valence-corrected chi connectivity index (χ0v) is 15.3. The molecule has 8 heteroatoms. The van der Waals surface area contributed by atoms with Gasteiger partial charge in [-0.2, -0.15) is 0 Å². The van der Waals surface area contributed by atoms with E-state index >= 15 is 0 Å². The van der Waals surface area contributed by atoms with Crippen LogP contribution in [0.1, 0.15) is 13.3 Å². The average molecular weight is 389 g/mol. The SMILES string of the molecule is CCN1C(=O)CC(C(=O)Nc2ccccc2F)SC1=Nc1cccc(F)c1. The molecule has 1 unspecified atom stereocenters. The van der Waals surface area contributed by atoms with Crippen LogP contribution < -0.4 is 5.32 Å². The lowest BCUT2D eigenvalue weighted by Gasteiger charge is -2.30. The van der Waals surface area contributed by atoms with Crippen LogP contribution in [-0.4, -0.2) is 33.7 Å². The fourth-order valence-corrected chi connectivity index (χ4v) is 3.75. The highest BCUT2D eigenvalue weighted by Gasteiger charge is 2.35. The summed E-state index contributed by atoms with van der Waals surface area (Å²) in [4.78, 5) is 30.7. The molecule has 5 nitrogen and oxygen atoms in total. The Bertz CT molecular complexity index is 904. The number of benzene rings is 2. The number of carbonyl (C=O) groups excluding carboxylic acids is 2. The number of thioether (sulfide) groups is 1. The molecule has 0 bridgehead atoms. The van der Waals surface area contributed by atoms with Crippen molar-refractivity contribution >= 4 is 40.1 Å². The van der Waals surface area contributed by atoms with Crippen LogP contribution in [0.25, 0.3) is 0 Å². The number of aliphatic imine (C=N–C) groups is 1. The van der Waals surface area contributed by atoms with Gasteiger partial charge in [0, 0.05) is 13.0 Å². The van der Waals surface area contributed by atoms with Gasteiger partial charge in [0.05, 0.1) is 11.4 Å². The Morgan fingerprint density at radius 2 is 2.04 bits per heavy atom. The summed E-state index contributed by atoms with van der Waals surface area (Å²) in [6.45, 7) is 2.17. The molecule has 3 rings (SSSR count). The van der Waals surface area contributed by atoms with Gasteiger partial charge in [0.2, 0.25) is 11.8 Å². The van der Waals surface area contributed by atoms with Crippen LogP contribution in [0.15, 0.2) is 53.5 Å². The van der Waals surface area contributed by atoms with Crippen LogP contribution in [0.2, 0.25) is 0 Å². The third kappa shape index (κ3) is 4.51. The summed E-state index contributed by atoms with van der Waals surface area (Å²) in [7, 11) is 0. The van der Waals surface area contributed by atoms with E-state index in [0.29, 0.717) is 17.4 Å². The summed E-state index contributed by atoms with van der Waals surface area (Å²) in [6.07, 6.45) is -0.0268. The topological polar surface area (TPSA) is 61.8 Å². The zero-order chi connectivity index (χ0) is 19.4. The summed E-state index contributed by atoms with van der Waals surface area (Å²) >= 11 is 1.10. The summed E-state index contributed by atoms with van der Waals surface area (Å²) in [5.74, 6) is -1.75. The maximum atomic E-state index is 13.8. The maximum Gasteiger partial charge on any atom is 0.238 e. The molecule has 2 amide bonds. The van der Waals surface area contributed by atoms with E-state index in [1.807, 2.05) is 0 Å². The second-order valence-electron chi connectivity index (χ2n) is 5.79. The van der Waals surface area contributed by atoms with E-state index in [1.54, 1.807) is 19.1 Å². The Hall–Kier alpha value is -2.74. The van der Waals surface area contributed by atoms with Gasteiger partial charge in [-0.3, -0.25) is 14.5 Å². The quantitative estimate of drug-likeness (QED) is 0.861. The molecule has 27 heavy (non-hydrogen) atoms. The van der Waals surface area contributed by atoms with Gasteiger partial charge in [0.15, 0.2) is 5.17 Å². The number of nitrogens with one attached hydrogen (secondary N) is 1. The highest BCUT2D eigenvalue weighted by atomic mass is 32.2. The fourth-order valence-electron chi connectivity index (χ4n) is 2.58. The molecule has 1 atom stereocenters. The minimum Gasteiger partial charge on any atom is -0.323 e. The smallest absolute Gasteiger partial charge is 0.238 e. The first-order chi connectivity index (χ1) is 13.0. The normalized spacial score (nSPS) is 18.6. The van der Waals surface area contributed by atoms with Crippen LogP contribution in [0.4, 0.5) is 20.2 Å². The lowest BCUT2D eigenvalue weighted by Crippen LogP contribution is -2.45. The van der Waals surface area contributed by atoms with Gasteiger partial charge in [-0.25, -0.2) is 13.8 Å². The first kappa shape index (κ1) is 19.0. The van der Waals surface area contributed by atoms with E-state index in [0.717, 1.165) is 11.8 Å². The Morgan fingerprint density at radius 3 is 2.74 bits per heavy atom. The van der Waals surface area contributed by atoms with Crippen molar-refractivity contribution in [2.75, 3.05) is 11.9 Å². The number of anilines is 1. The summed E-state index contributed by atoms with van der Waals surface area (Å²) in [6, 6.07) is 11.5. The molecule has 0 aromatic heterocycles. The molecule has 2 aromatic rings. The number of halogens is 2. The molecule has 140 valence electrons. The van der Waals surface area contributed by atoms with Crippen molar-refractivity contribution < 1.29 is 18.4 Å². The number of hydrogen-bond donors (Lipinski definition) is 1. The van der Waals surface area contributed by atoms with Crippen molar-refractivity contribution in [1.82, 2.24) is 4.90 Å². The van der Waals surface area contributed by atoms with Gasteiger partial charge in [-0.05, 0) is 37.3 Å². The van der Waals surface area contributed by atoms with Crippen LogP contribution in [0.3, 0.4) is 0 Å². The minimum atomic E-state index is -0.757. The Balaban J connectivity index is 1.83. The molecule has 1 N–H and O–H groups in total. The summed E-state index contributed by atoms with van der Waals surface area (Å²) < 4.78 is 27.2. The van der Waals surface area contributed by atoms with Gasteiger partial charge in [-0.15, -0.1) is 0 Å². The predicted octanol–water partition coefficient (Wildman–Crippen LogP) is 3.95. The molecule has 1 aliphatic heterocycles. The van der Waals surface area contributed by atoms with Crippen molar-refractivity contribution in [3.63, 3.8) is 0 Å². The molecule has 1 fully saturated rings. The number of nitrogens with zero attached hydrogens (tertiary/aromatic N) is 2. The third-order valence-corrected chi connectivity index (χ3v) is 5.10. The highest BCUT2D eigenvalue weighted by Crippen LogP contribution is 2.30. The first-order valence-electron chi connectivity index (χ1n) is 8.34. The molecule has 2 aromatic carbocycles. The maximum absolute atomic E-state index is 13.8. The summed E-state index contributed by atoms with van der Waals surface area (Å²) in [5.41, 5.74) is 0.399. The van der Waals surface area contributed by atoms with Crippen molar-refractivity contribution in [3.05, 3.63) is 60.2 Å². The lowest BCUT2D eigenvalue weighted by molar-refractivity contribution is -0.129. The van der Waals surface area contributed by atoms with E-state index in [-0.39, 0.29) is 18.0 Å². The minimum absolute atomic E-state index is 0.0268. The fraction of sp³-hybridized carbons (Fsp3) is 0.211. The number of para-hydroxylation sites is 1. The first-order valence-corrected chi connectivity index (χ1v) is 9.22. The van der Waals surface area contributed by atoms with E-state index in [4.69, 9.17) is 0 Å². The van der Waals surface area contributed by atoms with Crippen molar-refractivity contribution in [2.24, 2.45) is 4.99 Å². The lowest BCUT2D eigenvalue weighted by atomic mass is 10.2. The molecule has 0 aliphatic carbocycles. The monoisotopic (exact) mass is 389 g/mol. The summed E-state index contributed by atoms with van der Waals surface area (Å²) in [5, 5.41) is 2.06. The van der Waals surface area contributed by atoms with Gasteiger partial charge in [0.1, 0.15) is 16.9 Å². The van der Waals surface area contributed by atoms with Crippen molar-refractivity contribution in [2.45, 2.75) is 18.6 Å². The second-order valence-corrected chi connectivity index (χ2v) is 6.96. The number of rotatable bonds is 4. The van der Waals surface area contributed by atoms with Crippen molar-refractivity contribution in [3.8, 4) is 0 Å². The largest absolute Gasteiger partial charge is 0.323 e. The van der Waals surface area contributed by atoms with Gasteiger partial charge < -0.3 is 5.32 Å². The predicted molar refractivity (Wildman–Crippen MR) is 102 cm³/mol. The van der Waals surface area contributed by atoms with E-state index in [9.17, 15) is 18.4 Å². The highest BCUT2D eigenvalue weighted by molar-refractivity contribution is 8.15. The number of carbonyl (C=O) groups is 2. The molecule has 1 saturated heterocycles. The van der Waals surface area contributed by atoms with E-state index in [1.165, 1.54) is 41.3 Å². The third-order valence-electron chi connectivity index (χ3n) is 3.91. The average Bonchev–Trinajstić information content (AvgIpc) is 2.63. The molecular formula is C19H17F2N3O2S. The Morgan fingerprint density at radius 1 is 1.26 bits per heavy atom. The second kappa shape index (κ2) is 8.30. The molecule has 0 saturated carbocycles. The Labute approximate surface area is 159 Å². The van der Waals surface area contributed by atoms with Gasteiger partial charge in [-0.1, -0.05) is 30.0 Å². The molecular weight excluding hydrogens is 372 g/mol. The van der Waals surface area contributed by atoms with Gasteiger partial charge in [0.25, 0.3) is 0 Å². The molecule has 0 radical (unpaired) electrons. The number of amidine groups is 1. The molecule has 0 spiro atoms. The molecule has 1 aliphatic rings. The van der Waals surface area contributed by atoms with Crippen LogP contribution >= 0.6 is 11.8 Å². The van der Waals surface area contributed by atoms with Crippen LogP contribution in [0.5, 0.6) is 0 Å². The Kier molecular flexibility index (Phi) is 5.85. The van der Waals surface area contributed by atoms with E-state index < -0.39 is 22.8 Å². The van der Waals surface area contributed by atoms with Crippen molar-refractivity contribution in [1.29, 1.82) is 0 Å². The standard InChI is InChI=1S/C19H17F2N3O2S/c1-2-24-17(25)11-16(18(26)23-15-9-4-3-8-14(15)21)27-19(24)22-13-7-5-6-12(20)10-13/h3-10,16H,2,11H2,1H3,(H,23,26). The van der Waals surface area contributed by atoms with Crippen LogP contribution in [-0.2, 0) is 9.59 Å². The number of hydrogen-bond acceptors (Lipinski definition) is 4. The van der Waals surface area contributed by atoms with Gasteiger partial charge >= 0.3 is 0 Å².